The molecule has 7 nitrogen and oxygen atoms in total. The van der Waals surface area contributed by atoms with Crippen molar-refractivity contribution in [1.29, 1.82) is 0 Å². The molecule has 4 rings (SSSR count). The number of carbonyl (C=O) groups is 1. The monoisotopic (exact) mass is 424 g/mol. The number of pyridine rings is 1. The van der Waals surface area contributed by atoms with Crippen LogP contribution in [0.1, 0.15) is 37.0 Å². The largest absolute Gasteiger partial charge is 0.494 e. The molecule has 3 aromatic rings. The highest BCUT2D eigenvalue weighted by Gasteiger charge is 2.32. The zero-order valence-corrected chi connectivity index (χ0v) is 17.8. The summed E-state index contributed by atoms with van der Waals surface area (Å²) in [4.78, 5) is 29.0. The van der Waals surface area contributed by atoms with Crippen LogP contribution in [0.2, 0.25) is 0 Å². The molecule has 2 unspecified atom stereocenters. The van der Waals surface area contributed by atoms with Gasteiger partial charge in [0.1, 0.15) is 11.9 Å². The van der Waals surface area contributed by atoms with Gasteiger partial charge in [0.05, 0.1) is 23.6 Å². The van der Waals surface area contributed by atoms with Crippen LogP contribution in [0, 0.1) is 0 Å². The molecule has 0 saturated carbocycles. The summed E-state index contributed by atoms with van der Waals surface area (Å²) in [6.07, 6.45) is 6.66. The maximum atomic E-state index is 13.4. The molecule has 8 heteroatoms. The second-order valence-electron chi connectivity index (χ2n) is 7.12. The second kappa shape index (κ2) is 9.21. The van der Waals surface area contributed by atoms with Gasteiger partial charge in [0.25, 0.3) is 5.91 Å². The van der Waals surface area contributed by atoms with Gasteiger partial charge >= 0.3 is 0 Å². The highest BCUT2D eigenvalue weighted by Crippen LogP contribution is 2.30. The lowest BCUT2D eigenvalue weighted by atomic mass is 10.00. The van der Waals surface area contributed by atoms with Crippen LogP contribution in [0.5, 0.6) is 11.6 Å². The van der Waals surface area contributed by atoms with Crippen LogP contribution in [0.3, 0.4) is 0 Å². The van der Waals surface area contributed by atoms with Crippen molar-refractivity contribution < 1.29 is 14.3 Å². The molecule has 0 radical (unpaired) electrons. The Morgan fingerprint density at radius 2 is 2.03 bits per heavy atom. The Hall–Kier alpha value is -3.00. The van der Waals surface area contributed by atoms with Gasteiger partial charge in [0, 0.05) is 30.7 Å². The first kappa shape index (κ1) is 20.3. The van der Waals surface area contributed by atoms with Crippen LogP contribution in [-0.4, -0.2) is 51.1 Å². The van der Waals surface area contributed by atoms with Gasteiger partial charge in [-0.25, -0.2) is 15.0 Å². The van der Waals surface area contributed by atoms with Crippen LogP contribution >= 0.6 is 11.3 Å². The lowest BCUT2D eigenvalue weighted by Gasteiger charge is -2.37. The fraction of sp³-hybridized carbons (Fsp3) is 0.364. The molecule has 1 fully saturated rings. The Bertz CT molecular complexity index is 995. The minimum absolute atomic E-state index is 0.0180. The van der Waals surface area contributed by atoms with Gasteiger partial charge < -0.3 is 14.4 Å². The van der Waals surface area contributed by atoms with E-state index >= 15 is 0 Å². The SMILES string of the molecule is CCOc1ccnc(OC2CCC(C)N(C(=O)c3ccsc3-c3ncccn3)C2)c1. The van der Waals surface area contributed by atoms with Gasteiger partial charge in [-0.2, -0.15) is 0 Å². The number of piperidine rings is 1. The van der Waals surface area contributed by atoms with E-state index in [4.69, 9.17) is 9.47 Å². The van der Waals surface area contributed by atoms with Gasteiger partial charge in [0.15, 0.2) is 5.82 Å². The molecular weight excluding hydrogens is 400 g/mol. The fourth-order valence-electron chi connectivity index (χ4n) is 3.56. The lowest BCUT2D eigenvalue weighted by Crippen LogP contribution is -2.49. The van der Waals surface area contributed by atoms with Crippen molar-refractivity contribution in [1.82, 2.24) is 19.9 Å². The number of aromatic nitrogens is 3. The normalized spacial score (nSPS) is 18.8. The summed E-state index contributed by atoms with van der Waals surface area (Å²) in [5.41, 5.74) is 0.634. The van der Waals surface area contributed by atoms with E-state index < -0.39 is 0 Å². The summed E-state index contributed by atoms with van der Waals surface area (Å²) >= 11 is 1.48. The number of ether oxygens (including phenoxy) is 2. The Kier molecular flexibility index (Phi) is 6.23. The summed E-state index contributed by atoms with van der Waals surface area (Å²) in [5, 5.41) is 1.91. The molecule has 0 N–H and O–H groups in total. The highest BCUT2D eigenvalue weighted by atomic mass is 32.1. The van der Waals surface area contributed by atoms with E-state index in [2.05, 4.69) is 21.9 Å². The molecule has 156 valence electrons. The molecule has 2 atom stereocenters. The number of hydrogen-bond acceptors (Lipinski definition) is 7. The topological polar surface area (TPSA) is 77.4 Å². The van der Waals surface area contributed by atoms with Crippen LogP contribution in [-0.2, 0) is 0 Å². The van der Waals surface area contributed by atoms with Crippen molar-refractivity contribution in [3.8, 4) is 22.3 Å². The van der Waals surface area contributed by atoms with Crippen LogP contribution in [0.25, 0.3) is 10.7 Å². The van der Waals surface area contributed by atoms with Gasteiger partial charge in [0.2, 0.25) is 5.88 Å². The van der Waals surface area contributed by atoms with E-state index in [0.29, 0.717) is 30.4 Å². The van der Waals surface area contributed by atoms with Crippen molar-refractivity contribution >= 4 is 17.2 Å². The quantitative estimate of drug-likeness (QED) is 0.594. The maximum Gasteiger partial charge on any atom is 0.255 e. The van der Waals surface area contributed by atoms with E-state index in [1.807, 2.05) is 23.3 Å². The Morgan fingerprint density at radius 3 is 2.83 bits per heavy atom. The Balaban J connectivity index is 1.50. The van der Waals surface area contributed by atoms with Crippen molar-refractivity contribution in [2.45, 2.75) is 38.8 Å². The molecule has 1 aliphatic heterocycles. The molecule has 0 aliphatic carbocycles. The molecule has 4 heterocycles. The van der Waals surface area contributed by atoms with E-state index in [1.54, 1.807) is 36.8 Å². The molecule has 1 saturated heterocycles. The predicted octanol–water partition coefficient (Wildman–Crippen LogP) is 4.07. The Morgan fingerprint density at radius 1 is 1.20 bits per heavy atom. The van der Waals surface area contributed by atoms with Crippen LogP contribution in [0.4, 0.5) is 0 Å². The molecule has 0 spiro atoms. The summed E-state index contributed by atoms with van der Waals surface area (Å²) in [7, 11) is 0. The smallest absolute Gasteiger partial charge is 0.255 e. The molecule has 1 aliphatic rings. The maximum absolute atomic E-state index is 13.4. The van der Waals surface area contributed by atoms with Gasteiger partial charge in [-0.1, -0.05) is 0 Å². The first-order valence-electron chi connectivity index (χ1n) is 10.1. The summed E-state index contributed by atoms with van der Waals surface area (Å²) in [5.74, 6) is 1.80. The first-order valence-corrected chi connectivity index (χ1v) is 10.9. The Labute approximate surface area is 179 Å². The van der Waals surface area contributed by atoms with E-state index in [1.165, 1.54) is 11.3 Å². The minimum atomic E-state index is -0.121. The average molecular weight is 425 g/mol. The first-order chi connectivity index (χ1) is 14.7. The number of carbonyl (C=O) groups excluding carboxylic acids is 1. The number of thiophene rings is 1. The average Bonchev–Trinajstić information content (AvgIpc) is 3.26. The molecule has 30 heavy (non-hydrogen) atoms. The lowest BCUT2D eigenvalue weighted by molar-refractivity contribution is 0.0373. The number of hydrogen-bond donors (Lipinski definition) is 0. The second-order valence-corrected chi connectivity index (χ2v) is 8.04. The number of amides is 1. The molecule has 3 aromatic heterocycles. The minimum Gasteiger partial charge on any atom is -0.494 e. The van der Waals surface area contributed by atoms with E-state index in [9.17, 15) is 4.79 Å². The summed E-state index contributed by atoms with van der Waals surface area (Å²) < 4.78 is 11.6. The van der Waals surface area contributed by atoms with Crippen LogP contribution < -0.4 is 9.47 Å². The summed E-state index contributed by atoms with van der Waals surface area (Å²) in [6.45, 7) is 5.10. The van der Waals surface area contributed by atoms with Crippen molar-refractivity contribution in [2.75, 3.05) is 13.2 Å². The van der Waals surface area contributed by atoms with Gasteiger partial charge in [-0.05, 0) is 50.3 Å². The van der Waals surface area contributed by atoms with Gasteiger partial charge in [-0.3, -0.25) is 4.79 Å². The van der Waals surface area contributed by atoms with Crippen LogP contribution in [0.15, 0.2) is 48.2 Å². The fourth-order valence-corrected chi connectivity index (χ4v) is 4.39. The number of nitrogens with zero attached hydrogens (tertiary/aromatic N) is 4. The third-order valence-electron chi connectivity index (χ3n) is 5.07. The van der Waals surface area contributed by atoms with Crippen molar-refractivity contribution in [2.24, 2.45) is 0 Å². The number of rotatable bonds is 6. The third kappa shape index (κ3) is 4.43. The molecule has 1 amide bonds. The molecular formula is C22H24N4O3S. The van der Waals surface area contributed by atoms with Crippen molar-refractivity contribution in [3.05, 3.63) is 53.8 Å². The molecule has 0 aromatic carbocycles. The zero-order chi connectivity index (χ0) is 20.9. The highest BCUT2D eigenvalue weighted by molar-refractivity contribution is 7.14. The standard InChI is InChI=1S/C22H24N4O3S/c1-3-28-16-7-11-23-19(13-16)29-17-6-5-15(2)26(14-17)22(27)18-8-12-30-20(18)21-24-9-4-10-25-21/h4,7-13,15,17H,3,5-6,14H2,1-2H3. The van der Waals surface area contributed by atoms with Gasteiger partial charge in [-0.15, -0.1) is 11.3 Å². The predicted molar refractivity (Wildman–Crippen MR) is 115 cm³/mol. The third-order valence-corrected chi connectivity index (χ3v) is 5.98. The van der Waals surface area contributed by atoms with E-state index in [-0.39, 0.29) is 18.1 Å². The van der Waals surface area contributed by atoms with E-state index in [0.717, 1.165) is 23.5 Å². The van der Waals surface area contributed by atoms with Crippen molar-refractivity contribution in [3.63, 3.8) is 0 Å². The summed E-state index contributed by atoms with van der Waals surface area (Å²) in [6, 6.07) is 7.34. The number of likely N-dealkylation sites (tertiary alicyclic amines) is 1. The zero-order valence-electron chi connectivity index (χ0n) is 17.0. The molecule has 0 bridgehead atoms.